The van der Waals surface area contributed by atoms with Gasteiger partial charge in [0, 0.05) is 5.02 Å². The van der Waals surface area contributed by atoms with E-state index in [4.69, 9.17) is 11.6 Å². The Morgan fingerprint density at radius 1 is 1.10 bits per heavy atom. The number of para-hydroxylation sites is 2. The lowest BCUT2D eigenvalue weighted by Crippen LogP contribution is -1.96. The third-order valence-corrected chi connectivity index (χ3v) is 3.29. The van der Waals surface area contributed by atoms with Gasteiger partial charge >= 0.3 is 0 Å². The van der Waals surface area contributed by atoms with Crippen LogP contribution in [0.25, 0.3) is 17.1 Å². The number of aromatic amines is 1. The molecule has 98 valence electrons. The van der Waals surface area contributed by atoms with Crippen molar-refractivity contribution in [2.75, 3.05) is 0 Å². The van der Waals surface area contributed by atoms with Crippen molar-refractivity contribution < 1.29 is 4.79 Å². The van der Waals surface area contributed by atoms with E-state index in [2.05, 4.69) is 9.97 Å². The van der Waals surface area contributed by atoms with Crippen molar-refractivity contribution in [2.45, 2.75) is 0 Å². The quantitative estimate of drug-likeness (QED) is 0.580. The van der Waals surface area contributed by atoms with Gasteiger partial charge in [-0.2, -0.15) is 0 Å². The molecule has 0 bridgehead atoms. The first-order chi connectivity index (χ1) is 9.74. The zero-order valence-electron chi connectivity index (χ0n) is 10.5. The summed E-state index contributed by atoms with van der Waals surface area (Å²) in [5.74, 6) is 0.149. The molecule has 0 saturated heterocycles. The van der Waals surface area contributed by atoms with Gasteiger partial charge in [-0.3, -0.25) is 4.79 Å². The molecule has 0 saturated carbocycles. The molecule has 0 aliphatic heterocycles. The first kappa shape index (κ1) is 12.6. The minimum atomic E-state index is -0.180. The van der Waals surface area contributed by atoms with Crippen molar-refractivity contribution in [3.63, 3.8) is 0 Å². The topological polar surface area (TPSA) is 45.8 Å². The molecule has 1 N–H and O–H groups in total. The Balaban J connectivity index is 1.88. The van der Waals surface area contributed by atoms with E-state index in [1.807, 2.05) is 42.5 Å². The largest absolute Gasteiger partial charge is 0.335 e. The second kappa shape index (κ2) is 5.31. The first-order valence-corrected chi connectivity index (χ1v) is 6.53. The number of fused-ring (bicyclic) bond motifs is 1. The van der Waals surface area contributed by atoms with Crippen molar-refractivity contribution in [3.05, 3.63) is 71.0 Å². The molecule has 0 aliphatic carbocycles. The van der Waals surface area contributed by atoms with E-state index in [9.17, 15) is 4.79 Å². The maximum absolute atomic E-state index is 12.1. The van der Waals surface area contributed by atoms with Gasteiger partial charge in [-0.05, 0) is 35.9 Å². The molecule has 0 spiro atoms. The number of rotatable bonds is 3. The minimum Gasteiger partial charge on any atom is -0.335 e. The Morgan fingerprint density at radius 3 is 2.65 bits per heavy atom. The lowest BCUT2D eigenvalue weighted by Gasteiger charge is -1.95. The van der Waals surface area contributed by atoms with E-state index in [1.165, 1.54) is 6.08 Å². The summed E-state index contributed by atoms with van der Waals surface area (Å²) in [6.07, 6.45) is 3.16. The third kappa shape index (κ3) is 2.49. The van der Waals surface area contributed by atoms with Gasteiger partial charge in [0.15, 0.2) is 5.82 Å². The Bertz CT molecular complexity index is 772. The molecule has 3 nitrogen and oxygen atoms in total. The average Bonchev–Trinajstić information content (AvgIpc) is 2.90. The van der Waals surface area contributed by atoms with Crippen LogP contribution in [0.2, 0.25) is 5.02 Å². The molecule has 0 radical (unpaired) electrons. The zero-order valence-corrected chi connectivity index (χ0v) is 11.3. The molecule has 0 amide bonds. The smallest absolute Gasteiger partial charge is 0.221 e. The summed E-state index contributed by atoms with van der Waals surface area (Å²) in [5, 5.41) is 0.612. The summed E-state index contributed by atoms with van der Waals surface area (Å²) in [6.45, 7) is 0. The van der Waals surface area contributed by atoms with Crippen molar-refractivity contribution in [1.82, 2.24) is 9.97 Å². The number of nitrogens with zero attached hydrogens (tertiary/aromatic N) is 1. The number of ketones is 1. The molecule has 3 aromatic rings. The number of halogens is 1. The molecule has 1 aromatic heterocycles. The van der Waals surface area contributed by atoms with Crippen LogP contribution in [0.4, 0.5) is 0 Å². The number of aromatic nitrogens is 2. The summed E-state index contributed by atoms with van der Waals surface area (Å²) in [4.78, 5) is 19.3. The summed E-state index contributed by atoms with van der Waals surface area (Å²) >= 11 is 6.03. The zero-order chi connectivity index (χ0) is 13.9. The van der Waals surface area contributed by atoms with Gasteiger partial charge in [-0.25, -0.2) is 4.98 Å². The lowest BCUT2D eigenvalue weighted by molar-refractivity contribution is 0.103. The molecule has 1 heterocycles. The number of hydrogen-bond donors (Lipinski definition) is 1. The van der Waals surface area contributed by atoms with Gasteiger partial charge in [0.1, 0.15) is 0 Å². The van der Waals surface area contributed by atoms with Crippen LogP contribution in [0.3, 0.4) is 0 Å². The second-order valence-electron chi connectivity index (χ2n) is 4.32. The number of carbonyl (C=O) groups is 1. The summed E-state index contributed by atoms with van der Waals surface area (Å²) in [5.41, 5.74) is 2.43. The number of allylic oxidation sites excluding steroid dienone is 1. The SMILES string of the molecule is O=C(/C=C\c1ccccc1Cl)c1nc2ccccc2[nH]1. The molecular weight excluding hydrogens is 272 g/mol. The maximum atomic E-state index is 12.1. The van der Waals surface area contributed by atoms with Crippen molar-refractivity contribution in [3.8, 4) is 0 Å². The highest BCUT2D eigenvalue weighted by Crippen LogP contribution is 2.17. The Kier molecular flexibility index (Phi) is 3.35. The number of nitrogens with one attached hydrogen (secondary N) is 1. The summed E-state index contributed by atoms with van der Waals surface area (Å²) in [6, 6.07) is 14.9. The maximum Gasteiger partial charge on any atom is 0.221 e. The molecule has 0 unspecified atom stereocenters. The van der Waals surface area contributed by atoms with Crippen molar-refractivity contribution in [2.24, 2.45) is 0 Å². The van der Waals surface area contributed by atoms with Crippen LogP contribution in [0, 0.1) is 0 Å². The van der Waals surface area contributed by atoms with Gasteiger partial charge in [0.2, 0.25) is 5.78 Å². The standard InChI is InChI=1S/C16H11ClN2O/c17-12-6-2-1-5-11(12)9-10-15(20)16-18-13-7-3-4-8-14(13)19-16/h1-10H,(H,18,19)/b10-9-. The van der Waals surface area contributed by atoms with Gasteiger partial charge in [-0.15, -0.1) is 0 Å². The monoisotopic (exact) mass is 282 g/mol. The molecule has 0 atom stereocenters. The first-order valence-electron chi connectivity index (χ1n) is 6.16. The normalized spacial score (nSPS) is 11.2. The number of imidazole rings is 1. The van der Waals surface area contributed by atoms with Gasteiger partial charge in [0.05, 0.1) is 11.0 Å². The van der Waals surface area contributed by atoms with E-state index in [1.54, 1.807) is 12.1 Å². The fourth-order valence-corrected chi connectivity index (χ4v) is 2.12. The highest BCUT2D eigenvalue weighted by molar-refractivity contribution is 6.32. The minimum absolute atomic E-state index is 0.180. The van der Waals surface area contributed by atoms with Gasteiger partial charge in [-0.1, -0.05) is 41.9 Å². The fraction of sp³-hybridized carbons (Fsp3) is 0. The van der Waals surface area contributed by atoms with Crippen LogP contribution < -0.4 is 0 Å². The predicted molar refractivity (Wildman–Crippen MR) is 80.9 cm³/mol. The van der Waals surface area contributed by atoms with Gasteiger partial charge < -0.3 is 4.98 Å². The number of benzene rings is 2. The fourth-order valence-electron chi connectivity index (χ4n) is 1.92. The number of H-pyrrole nitrogens is 1. The van der Waals surface area contributed by atoms with Crippen LogP contribution in [0.1, 0.15) is 16.2 Å². The molecular formula is C16H11ClN2O. The Morgan fingerprint density at radius 2 is 1.85 bits per heavy atom. The van der Waals surface area contributed by atoms with E-state index in [-0.39, 0.29) is 5.78 Å². The summed E-state index contributed by atoms with van der Waals surface area (Å²) in [7, 11) is 0. The van der Waals surface area contributed by atoms with Crippen LogP contribution in [-0.2, 0) is 0 Å². The highest BCUT2D eigenvalue weighted by Gasteiger charge is 2.08. The van der Waals surface area contributed by atoms with Crippen LogP contribution in [0.5, 0.6) is 0 Å². The third-order valence-electron chi connectivity index (χ3n) is 2.94. The molecule has 0 fully saturated rings. The lowest BCUT2D eigenvalue weighted by atomic mass is 10.2. The van der Waals surface area contributed by atoms with Crippen LogP contribution >= 0.6 is 11.6 Å². The van der Waals surface area contributed by atoms with Crippen molar-refractivity contribution in [1.29, 1.82) is 0 Å². The molecule has 20 heavy (non-hydrogen) atoms. The van der Waals surface area contributed by atoms with E-state index >= 15 is 0 Å². The Labute approximate surface area is 120 Å². The van der Waals surface area contributed by atoms with E-state index < -0.39 is 0 Å². The van der Waals surface area contributed by atoms with E-state index in [0.29, 0.717) is 10.8 Å². The Hall–Kier alpha value is -2.39. The number of carbonyl (C=O) groups excluding carboxylic acids is 1. The van der Waals surface area contributed by atoms with Crippen LogP contribution in [0.15, 0.2) is 54.6 Å². The van der Waals surface area contributed by atoms with Crippen molar-refractivity contribution >= 4 is 34.5 Å². The number of hydrogen-bond acceptors (Lipinski definition) is 2. The van der Waals surface area contributed by atoms with E-state index in [0.717, 1.165) is 16.6 Å². The second-order valence-corrected chi connectivity index (χ2v) is 4.73. The molecule has 0 aliphatic rings. The van der Waals surface area contributed by atoms with Crippen LogP contribution in [-0.4, -0.2) is 15.8 Å². The average molecular weight is 283 g/mol. The predicted octanol–water partition coefficient (Wildman–Crippen LogP) is 4.11. The molecule has 4 heteroatoms. The molecule has 2 aromatic carbocycles. The molecule has 3 rings (SSSR count). The summed E-state index contributed by atoms with van der Waals surface area (Å²) < 4.78 is 0. The highest BCUT2D eigenvalue weighted by atomic mass is 35.5. The van der Waals surface area contributed by atoms with Gasteiger partial charge in [0.25, 0.3) is 0 Å².